The first-order chi connectivity index (χ1) is 9.60. The fraction of sp³-hybridized carbons (Fsp3) is 0.438. The minimum atomic E-state index is 0.730. The van der Waals surface area contributed by atoms with Crippen molar-refractivity contribution in [1.29, 1.82) is 0 Å². The molecule has 0 aromatic carbocycles. The number of aromatic nitrogens is 1. The monoisotopic (exact) mass is 273 g/mol. The zero-order chi connectivity index (χ0) is 14.5. The number of anilines is 1. The summed E-state index contributed by atoms with van der Waals surface area (Å²) >= 11 is 0. The summed E-state index contributed by atoms with van der Waals surface area (Å²) in [5.41, 5.74) is 2.40. The topological polar surface area (TPSA) is 41.3 Å². The van der Waals surface area contributed by atoms with E-state index in [2.05, 4.69) is 35.1 Å². The van der Waals surface area contributed by atoms with Crippen molar-refractivity contribution in [3.63, 3.8) is 0 Å². The van der Waals surface area contributed by atoms with Crippen molar-refractivity contribution in [2.24, 2.45) is 0 Å². The minimum Gasteiger partial charge on any atom is -0.464 e. The molecule has 0 aliphatic carbocycles. The Bertz CT molecular complexity index is 563. The minimum absolute atomic E-state index is 0.730. The van der Waals surface area contributed by atoms with E-state index < -0.39 is 0 Å². The molecule has 2 heterocycles. The number of hydrogen-bond acceptors (Lipinski definition) is 4. The lowest BCUT2D eigenvalue weighted by atomic mass is 10.2. The molecule has 20 heavy (non-hydrogen) atoms. The summed E-state index contributed by atoms with van der Waals surface area (Å²) in [5, 5.41) is 3.31. The summed E-state index contributed by atoms with van der Waals surface area (Å²) in [6.07, 6.45) is 1.94. The second-order valence-electron chi connectivity index (χ2n) is 5.13. The Morgan fingerprint density at radius 3 is 2.70 bits per heavy atom. The van der Waals surface area contributed by atoms with Gasteiger partial charge in [0.15, 0.2) is 0 Å². The Kier molecular flexibility index (Phi) is 4.79. The first kappa shape index (κ1) is 14.6. The molecule has 4 nitrogen and oxygen atoms in total. The third-order valence-electron chi connectivity index (χ3n) is 3.24. The molecule has 0 fully saturated rings. The number of hydrogen-bond donors (Lipinski definition) is 1. The maximum absolute atomic E-state index is 5.61. The highest BCUT2D eigenvalue weighted by Gasteiger charge is 2.09. The molecular formula is C16H23N3O. The number of aryl methyl sites for hydroxylation is 2. The number of pyridine rings is 1. The molecule has 1 N–H and O–H groups in total. The van der Waals surface area contributed by atoms with Crippen molar-refractivity contribution in [3.8, 4) is 0 Å². The lowest BCUT2D eigenvalue weighted by Gasteiger charge is -2.19. The third kappa shape index (κ3) is 3.61. The fourth-order valence-electron chi connectivity index (χ4n) is 2.27. The van der Waals surface area contributed by atoms with E-state index in [4.69, 9.17) is 4.42 Å². The largest absolute Gasteiger partial charge is 0.464 e. The quantitative estimate of drug-likeness (QED) is 0.878. The van der Waals surface area contributed by atoms with Gasteiger partial charge < -0.3 is 14.6 Å². The Hall–Kier alpha value is -1.81. The van der Waals surface area contributed by atoms with Gasteiger partial charge in [0, 0.05) is 19.8 Å². The maximum atomic E-state index is 5.61. The average Bonchev–Trinajstić information content (AvgIpc) is 2.81. The number of furan rings is 1. The predicted octanol–water partition coefficient (Wildman–Crippen LogP) is 3.04. The molecule has 4 heteroatoms. The Morgan fingerprint density at radius 2 is 2.10 bits per heavy atom. The normalized spacial score (nSPS) is 10.8. The summed E-state index contributed by atoms with van der Waals surface area (Å²) in [4.78, 5) is 6.69. The van der Waals surface area contributed by atoms with Crippen LogP contribution in [-0.2, 0) is 13.1 Å². The molecule has 0 aliphatic rings. The molecule has 0 atom stereocenters. The first-order valence-electron chi connectivity index (χ1n) is 7.03. The van der Waals surface area contributed by atoms with Crippen LogP contribution in [-0.4, -0.2) is 18.6 Å². The molecule has 2 aromatic rings. The van der Waals surface area contributed by atoms with Crippen LogP contribution in [0.1, 0.15) is 29.6 Å². The Balaban J connectivity index is 2.07. The van der Waals surface area contributed by atoms with E-state index in [1.807, 2.05) is 32.3 Å². The zero-order valence-corrected chi connectivity index (χ0v) is 12.7. The van der Waals surface area contributed by atoms with Crippen LogP contribution >= 0.6 is 0 Å². The molecule has 108 valence electrons. The highest BCUT2D eigenvalue weighted by Crippen LogP contribution is 2.19. The molecule has 2 rings (SSSR count). The van der Waals surface area contributed by atoms with Crippen LogP contribution in [0.5, 0.6) is 0 Å². The van der Waals surface area contributed by atoms with Crippen molar-refractivity contribution in [3.05, 3.63) is 47.0 Å². The first-order valence-corrected chi connectivity index (χ1v) is 7.03. The van der Waals surface area contributed by atoms with Gasteiger partial charge in [0.1, 0.15) is 17.3 Å². The number of rotatable bonds is 6. The van der Waals surface area contributed by atoms with Gasteiger partial charge in [-0.25, -0.2) is 4.98 Å². The van der Waals surface area contributed by atoms with Crippen LogP contribution in [0, 0.1) is 13.8 Å². The maximum Gasteiger partial charge on any atom is 0.131 e. The summed E-state index contributed by atoms with van der Waals surface area (Å²) in [6.45, 7) is 8.73. The van der Waals surface area contributed by atoms with Gasteiger partial charge in [0.25, 0.3) is 0 Å². The van der Waals surface area contributed by atoms with Crippen LogP contribution in [0.15, 0.2) is 28.8 Å². The summed E-state index contributed by atoms with van der Waals surface area (Å²) in [6, 6.07) is 6.19. The van der Waals surface area contributed by atoms with Gasteiger partial charge in [-0.2, -0.15) is 0 Å². The van der Waals surface area contributed by atoms with Crippen LogP contribution < -0.4 is 10.2 Å². The predicted molar refractivity (Wildman–Crippen MR) is 81.9 cm³/mol. The second kappa shape index (κ2) is 6.57. The van der Waals surface area contributed by atoms with E-state index >= 15 is 0 Å². The average molecular weight is 273 g/mol. The zero-order valence-electron chi connectivity index (χ0n) is 12.7. The highest BCUT2D eigenvalue weighted by atomic mass is 16.3. The second-order valence-corrected chi connectivity index (χ2v) is 5.13. The molecule has 0 spiro atoms. The van der Waals surface area contributed by atoms with E-state index in [0.29, 0.717) is 0 Å². The van der Waals surface area contributed by atoms with E-state index in [-0.39, 0.29) is 0 Å². The molecule has 0 radical (unpaired) electrons. The van der Waals surface area contributed by atoms with Gasteiger partial charge in [0.05, 0.1) is 6.54 Å². The molecule has 0 unspecified atom stereocenters. The molecule has 0 saturated heterocycles. The van der Waals surface area contributed by atoms with Crippen molar-refractivity contribution < 1.29 is 4.42 Å². The molecule has 0 bridgehead atoms. The Morgan fingerprint density at radius 1 is 1.30 bits per heavy atom. The van der Waals surface area contributed by atoms with E-state index in [1.54, 1.807) is 0 Å². The lowest BCUT2D eigenvalue weighted by molar-refractivity contribution is 0.481. The van der Waals surface area contributed by atoms with Crippen molar-refractivity contribution in [2.75, 3.05) is 18.5 Å². The molecule has 0 aliphatic heterocycles. The SMILES string of the molecule is CCNCc1cnc(N(C)Cc2ccc(C)o2)c(C)c1. The summed E-state index contributed by atoms with van der Waals surface area (Å²) < 4.78 is 5.61. The van der Waals surface area contributed by atoms with Gasteiger partial charge in [-0.1, -0.05) is 6.92 Å². The van der Waals surface area contributed by atoms with E-state index in [0.717, 1.165) is 37.0 Å². The molecule has 2 aromatic heterocycles. The molecule has 0 saturated carbocycles. The van der Waals surface area contributed by atoms with Gasteiger partial charge >= 0.3 is 0 Å². The third-order valence-corrected chi connectivity index (χ3v) is 3.24. The Labute approximate surface area is 120 Å². The van der Waals surface area contributed by atoms with E-state index in [1.165, 1.54) is 11.1 Å². The summed E-state index contributed by atoms with van der Waals surface area (Å²) in [7, 11) is 2.04. The van der Waals surface area contributed by atoms with Crippen LogP contribution in [0.25, 0.3) is 0 Å². The van der Waals surface area contributed by atoms with Crippen LogP contribution in [0.2, 0.25) is 0 Å². The lowest BCUT2D eigenvalue weighted by Crippen LogP contribution is -2.19. The highest BCUT2D eigenvalue weighted by molar-refractivity contribution is 5.46. The standard InChI is InChI=1S/C16H23N3O/c1-5-17-9-14-8-12(2)16(18-10-14)19(4)11-15-7-6-13(3)20-15/h6-8,10,17H,5,9,11H2,1-4H3. The number of nitrogens with zero attached hydrogens (tertiary/aromatic N) is 2. The van der Waals surface area contributed by atoms with Crippen LogP contribution in [0.4, 0.5) is 5.82 Å². The molecule has 0 amide bonds. The molecular weight excluding hydrogens is 250 g/mol. The summed E-state index contributed by atoms with van der Waals surface area (Å²) in [5.74, 6) is 2.90. The van der Waals surface area contributed by atoms with Crippen molar-refractivity contribution in [1.82, 2.24) is 10.3 Å². The van der Waals surface area contributed by atoms with Gasteiger partial charge in [0.2, 0.25) is 0 Å². The van der Waals surface area contributed by atoms with Crippen LogP contribution in [0.3, 0.4) is 0 Å². The van der Waals surface area contributed by atoms with Gasteiger partial charge in [-0.3, -0.25) is 0 Å². The van der Waals surface area contributed by atoms with Crippen molar-refractivity contribution >= 4 is 5.82 Å². The van der Waals surface area contributed by atoms with Crippen molar-refractivity contribution in [2.45, 2.75) is 33.9 Å². The smallest absolute Gasteiger partial charge is 0.131 e. The van der Waals surface area contributed by atoms with E-state index in [9.17, 15) is 0 Å². The fourth-order valence-corrected chi connectivity index (χ4v) is 2.27. The van der Waals surface area contributed by atoms with Gasteiger partial charge in [-0.05, 0) is 49.7 Å². The number of nitrogens with one attached hydrogen (secondary N) is 1. The van der Waals surface area contributed by atoms with Gasteiger partial charge in [-0.15, -0.1) is 0 Å².